The molecule has 1 aromatic carbocycles. The summed E-state index contributed by atoms with van der Waals surface area (Å²) in [5.41, 5.74) is 1.23. The molecule has 5 rings (SSSR count). The Hall–Kier alpha value is -1.50. The first-order valence-corrected chi connectivity index (χ1v) is 14.8. The zero-order chi connectivity index (χ0) is 27.4. The van der Waals surface area contributed by atoms with Crippen molar-refractivity contribution in [3.8, 4) is 5.75 Å². The Labute approximate surface area is 226 Å². The van der Waals surface area contributed by atoms with Crippen LogP contribution >= 0.6 is 0 Å². The lowest BCUT2D eigenvalue weighted by Crippen LogP contribution is -2.55. The summed E-state index contributed by atoms with van der Waals surface area (Å²) in [5, 5.41) is 31.7. The molecule has 0 bridgehead atoms. The summed E-state index contributed by atoms with van der Waals surface area (Å²) in [6.45, 7) is 6.90. The van der Waals surface area contributed by atoms with Crippen LogP contribution in [0.2, 0.25) is 0 Å². The molecule has 0 spiro atoms. The van der Waals surface area contributed by atoms with E-state index in [0.29, 0.717) is 24.7 Å². The van der Waals surface area contributed by atoms with Crippen LogP contribution in [0.5, 0.6) is 5.75 Å². The van der Waals surface area contributed by atoms with Crippen LogP contribution in [-0.4, -0.2) is 34.6 Å². The summed E-state index contributed by atoms with van der Waals surface area (Å²) in [7, 11) is 1.43. The van der Waals surface area contributed by atoms with Gasteiger partial charge in [-0.1, -0.05) is 45.7 Å². The SMILES string of the molecule is COc1cccc(C(O)CCC[C@@H](C)[C@H]2CC[C@H]3C4=C(F)C[C@H]5[C@@H](O)[C@@H](O)CC[C@]5(C)[C@H]4CC[C@]23C)c1F. The zero-order valence-electron chi connectivity index (χ0n) is 23.4. The highest BCUT2D eigenvalue weighted by Gasteiger charge is 2.61. The van der Waals surface area contributed by atoms with E-state index in [1.165, 1.54) is 7.11 Å². The molecular weight excluding hydrogens is 486 g/mol. The fourth-order valence-electron chi connectivity index (χ4n) is 9.49. The van der Waals surface area contributed by atoms with Gasteiger partial charge in [-0.15, -0.1) is 0 Å². The van der Waals surface area contributed by atoms with Gasteiger partial charge in [0.1, 0.15) is 5.83 Å². The van der Waals surface area contributed by atoms with Crippen molar-refractivity contribution in [1.29, 1.82) is 0 Å². The predicted octanol–water partition coefficient (Wildman–Crippen LogP) is 6.88. The maximum atomic E-state index is 15.9. The van der Waals surface area contributed by atoms with Crippen molar-refractivity contribution in [3.63, 3.8) is 0 Å². The monoisotopic (exact) mass is 532 g/mol. The van der Waals surface area contributed by atoms with Crippen LogP contribution in [0.1, 0.15) is 96.6 Å². The normalized spacial score (nSPS) is 40.2. The summed E-state index contributed by atoms with van der Waals surface area (Å²) in [6.07, 6.45) is 5.59. The third-order valence-corrected chi connectivity index (χ3v) is 11.7. The number of fused-ring (bicyclic) bond motifs is 5. The quantitative estimate of drug-likeness (QED) is 0.358. The number of hydrogen-bond acceptors (Lipinski definition) is 4. The minimum absolute atomic E-state index is 0.0155. The highest BCUT2D eigenvalue weighted by molar-refractivity contribution is 5.33. The molecule has 212 valence electrons. The van der Waals surface area contributed by atoms with Gasteiger partial charge in [0.15, 0.2) is 11.6 Å². The summed E-state index contributed by atoms with van der Waals surface area (Å²) in [4.78, 5) is 0. The molecule has 3 fully saturated rings. The number of hydrogen-bond donors (Lipinski definition) is 3. The Kier molecular flexibility index (Phi) is 7.73. The lowest BCUT2D eigenvalue weighted by Gasteiger charge is -2.59. The average Bonchev–Trinajstić information content (AvgIpc) is 3.25. The van der Waals surface area contributed by atoms with Crippen molar-refractivity contribution >= 4 is 0 Å². The minimum Gasteiger partial charge on any atom is -0.494 e. The summed E-state index contributed by atoms with van der Waals surface area (Å²) in [6, 6.07) is 4.89. The van der Waals surface area contributed by atoms with Crippen molar-refractivity contribution in [2.45, 2.75) is 103 Å². The average molecular weight is 533 g/mol. The first kappa shape index (κ1) is 28.0. The first-order valence-electron chi connectivity index (χ1n) is 14.8. The van der Waals surface area contributed by atoms with E-state index >= 15 is 4.39 Å². The highest BCUT2D eigenvalue weighted by atomic mass is 19.1. The van der Waals surface area contributed by atoms with Gasteiger partial charge in [-0.05, 0) is 97.0 Å². The van der Waals surface area contributed by atoms with Gasteiger partial charge in [0, 0.05) is 12.0 Å². The number of benzene rings is 1. The van der Waals surface area contributed by atoms with E-state index < -0.39 is 24.1 Å². The van der Waals surface area contributed by atoms with Crippen molar-refractivity contribution in [1.82, 2.24) is 0 Å². The van der Waals surface area contributed by atoms with Crippen molar-refractivity contribution in [3.05, 3.63) is 41.0 Å². The molecule has 1 aromatic rings. The van der Waals surface area contributed by atoms with E-state index in [-0.39, 0.29) is 52.1 Å². The van der Waals surface area contributed by atoms with Crippen LogP contribution in [0.15, 0.2) is 29.6 Å². The molecule has 4 aliphatic carbocycles. The predicted molar refractivity (Wildman–Crippen MR) is 144 cm³/mol. The third-order valence-electron chi connectivity index (χ3n) is 11.7. The number of halogens is 2. The van der Waals surface area contributed by atoms with Crippen LogP contribution < -0.4 is 4.74 Å². The van der Waals surface area contributed by atoms with Crippen molar-refractivity contribution in [2.24, 2.45) is 40.4 Å². The molecule has 1 unspecified atom stereocenters. The van der Waals surface area contributed by atoms with Gasteiger partial charge in [-0.2, -0.15) is 0 Å². The number of allylic oxidation sites excluding steroid dienone is 2. The largest absolute Gasteiger partial charge is 0.494 e. The maximum absolute atomic E-state index is 15.9. The van der Waals surface area contributed by atoms with E-state index in [1.807, 2.05) is 0 Å². The van der Waals surface area contributed by atoms with Crippen LogP contribution in [-0.2, 0) is 0 Å². The van der Waals surface area contributed by atoms with Gasteiger partial charge < -0.3 is 20.1 Å². The second-order valence-electron chi connectivity index (χ2n) is 13.4. The van der Waals surface area contributed by atoms with E-state index in [9.17, 15) is 19.7 Å². The lowest BCUT2D eigenvalue weighted by atomic mass is 9.47. The number of methoxy groups -OCH3 is 1. The Morgan fingerprint density at radius 3 is 2.45 bits per heavy atom. The summed E-state index contributed by atoms with van der Waals surface area (Å²) < 4.78 is 35.5. The fourth-order valence-corrected chi connectivity index (χ4v) is 9.49. The molecule has 0 aromatic heterocycles. The number of aliphatic hydroxyl groups is 3. The van der Waals surface area contributed by atoms with E-state index in [1.54, 1.807) is 18.2 Å². The van der Waals surface area contributed by atoms with Crippen LogP contribution in [0.25, 0.3) is 0 Å². The van der Waals surface area contributed by atoms with Gasteiger partial charge in [0.05, 0.1) is 25.4 Å². The van der Waals surface area contributed by atoms with E-state index in [2.05, 4.69) is 20.8 Å². The molecule has 0 aliphatic heterocycles. The highest BCUT2D eigenvalue weighted by Crippen LogP contribution is 2.68. The Balaban J connectivity index is 1.26. The van der Waals surface area contributed by atoms with E-state index in [0.717, 1.165) is 50.5 Å². The van der Waals surface area contributed by atoms with Crippen LogP contribution in [0, 0.1) is 46.2 Å². The Morgan fingerprint density at radius 2 is 1.71 bits per heavy atom. The Bertz CT molecular complexity index is 1060. The molecule has 0 saturated heterocycles. The molecule has 0 heterocycles. The smallest absolute Gasteiger partial charge is 0.170 e. The first-order chi connectivity index (χ1) is 18.0. The Morgan fingerprint density at radius 1 is 1.00 bits per heavy atom. The van der Waals surface area contributed by atoms with Gasteiger partial charge in [0.25, 0.3) is 0 Å². The molecule has 3 saturated carbocycles. The molecule has 0 radical (unpaired) electrons. The fraction of sp³-hybridized carbons (Fsp3) is 0.750. The maximum Gasteiger partial charge on any atom is 0.170 e. The van der Waals surface area contributed by atoms with Crippen LogP contribution in [0.3, 0.4) is 0 Å². The molecule has 4 aliphatic rings. The van der Waals surface area contributed by atoms with Gasteiger partial charge in [-0.3, -0.25) is 0 Å². The molecule has 4 nitrogen and oxygen atoms in total. The van der Waals surface area contributed by atoms with Gasteiger partial charge in [0.2, 0.25) is 0 Å². The van der Waals surface area contributed by atoms with Crippen molar-refractivity contribution in [2.75, 3.05) is 7.11 Å². The van der Waals surface area contributed by atoms with Gasteiger partial charge in [-0.25, -0.2) is 8.78 Å². The second-order valence-corrected chi connectivity index (χ2v) is 13.4. The standard InChI is InChI=1S/C32H46F2O4/c1-18(7-5-9-25(35)19-8-6-10-27(38-4)29(19)34)20-11-12-21-28-22(13-15-31(20,21)2)32(3)16-14-26(36)30(37)23(32)17-24(28)33/h6,8,10,18,20-23,25-26,30,35-37H,5,7,9,11-17H2,1-4H3/t18-,20-,21+,22+,23+,25?,26+,30-,31-,32-/m1/s1. The molecule has 38 heavy (non-hydrogen) atoms. The van der Waals surface area contributed by atoms with Crippen molar-refractivity contribution < 1.29 is 28.8 Å². The molecule has 6 heteroatoms. The number of rotatable bonds is 7. The summed E-state index contributed by atoms with van der Waals surface area (Å²) >= 11 is 0. The van der Waals surface area contributed by atoms with Gasteiger partial charge >= 0.3 is 0 Å². The van der Waals surface area contributed by atoms with Crippen LogP contribution in [0.4, 0.5) is 8.78 Å². The lowest BCUT2D eigenvalue weighted by molar-refractivity contribution is -0.128. The third kappa shape index (κ3) is 4.43. The molecule has 10 atom stereocenters. The summed E-state index contributed by atoms with van der Waals surface area (Å²) in [5.74, 6) is 0.765. The molecule has 3 N–H and O–H groups in total. The number of ether oxygens (including phenoxy) is 1. The number of aliphatic hydroxyl groups excluding tert-OH is 3. The molecular formula is C32H46F2O4. The topological polar surface area (TPSA) is 69.9 Å². The second kappa shape index (κ2) is 10.5. The minimum atomic E-state index is -0.862. The molecule has 0 amide bonds. The zero-order valence-corrected chi connectivity index (χ0v) is 23.4. The van der Waals surface area contributed by atoms with E-state index in [4.69, 9.17) is 4.74 Å².